The van der Waals surface area contributed by atoms with Crippen LogP contribution < -0.4 is 19.7 Å². The van der Waals surface area contributed by atoms with E-state index in [-0.39, 0.29) is 4.87 Å². The van der Waals surface area contributed by atoms with Crippen molar-refractivity contribution in [3.05, 3.63) is 73.5 Å². The third kappa shape index (κ3) is 3.68. The van der Waals surface area contributed by atoms with Gasteiger partial charge in [0.15, 0.2) is 0 Å². The third-order valence-corrected chi connectivity index (χ3v) is 5.30. The lowest BCUT2D eigenvalue weighted by Gasteiger charge is -2.16. The number of H-pyrrole nitrogens is 2. The number of nitrogens with one attached hydrogen (secondary N) is 2. The number of fused-ring (bicyclic) bond motifs is 1. The van der Waals surface area contributed by atoms with E-state index in [9.17, 15) is 4.79 Å². The minimum absolute atomic E-state index is 0.114. The quantitative estimate of drug-likeness (QED) is 0.554. The second kappa shape index (κ2) is 7.20. The highest BCUT2D eigenvalue weighted by Gasteiger charge is 2.08. The van der Waals surface area contributed by atoms with E-state index in [1.165, 1.54) is 10.9 Å². The molecule has 27 heavy (non-hydrogen) atoms. The Morgan fingerprint density at radius 1 is 1.30 bits per heavy atom. The highest BCUT2D eigenvalue weighted by atomic mass is 32.1. The van der Waals surface area contributed by atoms with Crippen molar-refractivity contribution in [2.45, 2.75) is 6.42 Å². The van der Waals surface area contributed by atoms with Gasteiger partial charge in [-0.25, -0.2) is 9.97 Å². The van der Waals surface area contributed by atoms with Crippen LogP contribution >= 0.6 is 11.3 Å². The Balaban J connectivity index is 1.53. The zero-order chi connectivity index (χ0) is 18.8. The number of hydrogen-bond acceptors (Lipinski definition) is 5. The number of likely N-dealkylation sites (N-methyl/N-ethyl adjacent to an activating group) is 1. The molecule has 3 aromatic heterocycles. The number of nitrogens with zero attached hydrogens (tertiary/aromatic N) is 3. The van der Waals surface area contributed by atoms with Crippen LogP contribution in [0.25, 0.3) is 23.6 Å². The van der Waals surface area contributed by atoms with Gasteiger partial charge in [-0.1, -0.05) is 36.1 Å². The van der Waals surface area contributed by atoms with Crippen LogP contribution in [0.4, 0.5) is 5.95 Å². The summed E-state index contributed by atoms with van der Waals surface area (Å²) in [6, 6.07) is 10.1. The van der Waals surface area contributed by atoms with E-state index in [0.717, 1.165) is 40.0 Å². The fraction of sp³-hybridized carbons (Fsp3) is 0.150. The minimum atomic E-state index is -0.114. The Hall–Kier alpha value is -3.19. The van der Waals surface area contributed by atoms with E-state index >= 15 is 0 Å². The predicted molar refractivity (Wildman–Crippen MR) is 111 cm³/mol. The van der Waals surface area contributed by atoms with Crippen molar-refractivity contribution in [3.63, 3.8) is 0 Å². The molecule has 7 heteroatoms. The van der Waals surface area contributed by atoms with Crippen LogP contribution in [0.1, 0.15) is 11.3 Å². The summed E-state index contributed by atoms with van der Waals surface area (Å²) in [5.41, 5.74) is 3.18. The molecule has 0 atom stereocenters. The number of anilines is 1. The highest BCUT2D eigenvalue weighted by Crippen LogP contribution is 2.18. The molecule has 0 aliphatic rings. The summed E-state index contributed by atoms with van der Waals surface area (Å²) in [4.78, 5) is 28.3. The normalized spacial score (nSPS) is 12.0. The predicted octanol–water partition coefficient (Wildman–Crippen LogP) is 1.63. The molecule has 0 spiro atoms. The van der Waals surface area contributed by atoms with Crippen molar-refractivity contribution in [2.24, 2.45) is 0 Å². The highest BCUT2D eigenvalue weighted by molar-refractivity contribution is 7.07. The average molecular weight is 377 g/mol. The van der Waals surface area contributed by atoms with Crippen molar-refractivity contribution in [3.8, 4) is 0 Å². The molecule has 3 heterocycles. The first-order chi connectivity index (χ1) is 13.1. The molecular formula is C20H19N5OS. The summed E-state index contributed by atoms with van der Waals surface area (Å²) in [6.45, 7) is 4.64. The smallest absolute Gasteiger partial charge is 0.305 e. The van der Waals surface area contributed by atoms with Crippen LogP contribution in [0.2, 0.25) is 0 Å². The number of aromatic amines is 2. The molecule has 1 aromatic carbocycles. The first-order valence-electron chi connectivity index (χ1n) is 8.59. The van der Waals surface area contributed by atoms with Crippen molar-refractivity contribution in [1.29, 1.82) is 0 Å². The first kappa shape index (κ1) is 17.2. The maximum Gasteiger partial charge on any atom is 0.305 e. The zero-order valence-electron chi connectivity index (χ0n) is 14.9. The Kier molecular flexibility index (Phi) is 4.60. The lowest BCUT2D eigenvalue weighted by Crippen LogP contribution is -2.23. The zero-order valence-corrected chi connectivity index (χ0v) is 15.7. The van der Waals surface area contributed by atoms with Crippen molar-refractivity contribution < 1.29 is 0 Å². The van der Waals surface area contributed by atoms with E-state index in [0.29, 0.717) is 11.3 Å². The third-order valence-electron chi connectivity index (χ3n) is 4.43. The van der Waals surface area contributed by atoms with Crippen LogP contribution in [-0.2, 0) is 6.42 Å². The number of thiazole rings is 1. The Bertz CT molecular complexity index is 1250. The molecule has 0 aliphatic carbocycles. The molecule has 0 saturated carbocycles. The summed E-state index contributed by atoms with van der Waals surface area (Å²) in [6.07, 6.45) is 6.53. The SMILES string of the molecule is C=c1[nH]c(=O)s/c1=C\c1ccnc(N(C)CCc2c[nH]c3ccccc23)n1. The Labute approximate surface area is 159 Å². The number of aromatic nitrogens is 4. The van der Waals surface area contributed by atoms with Crippen LogP contribution in [0, 0.1) is 0 Å². The van der Waals surface area contributed by atoms with Gasteiger partial charge in [-0.2, -0.15) is 0 Å². The number of para-hydroxylation sites is 1. The Morgan fingerprint density at radius 3 is 2.96 bits per heavy atom. The van der Waals surface area contributed by atoms with E-state index in [1.54, 1.807) is 6.20 Å². The summed E-state index contributed by atoms with van der Waals surface area (Å²) < 4.78 is 0.783. The molecule has 0 bridgehead atoms. The van der Waals surface area contributed by atoms with E-state index in [1.807, 2.05) is 30.2 Å². The first-order valence-corrected chi connectivity index (χ1v) is 9.41. The number of hydrogen-bond donors (Lipinski definition) is 2. The van der Waals surface area contributed by atoms with E-state index in [4.69, 9.17) is 0 Å². The summed E-state index contributed by atoms with van der Waals surface area (Å²) in [5, 5.41) is 1.86. The van der Waals surface area contributed by atoms with Crippen LogP contribution in [-0.4, -0.2) is 33.5 Å². The van der Waals surface area contributed by atoms with Gasteiger partial charge in [0.05, 0.1) is 15.6 Å². The summed E-state index contributed by atoms with van der Waals surface area (Å²) in [7, 11) is 1.98. The second-order valence-electron chi connectivity index (χ2n) is 6.31. The van der Waals surface area contributed by atoms with Crippen LogP contribution in [0.5, 0.6) is 0 Å². The fourth-order valence-corrected chi connectivity index (χ4v) is 3.70. The van der Waals surface area contributed by atoms with Gasteiger partial charge >= 0.3 is 4.87 Å². The molecule has 0 amide bonds. The number of benzene rings is 1. The van der Waals surface area contributed by atoms with Crippen molar-refractivity contribution in [2.75, 3.05) is 18.5 Å². The van der Waals surface area contributed by atoms with Crippen molar-refractivity contribution >= 4 is 40.8 Å². The molecule has 0 radical (unpaired) electrons. The molecule has 136 valence electrons. The van der Waals surface area contributed by atoms with Crippen molar-refractivity contribution in [1.82, 2.24) is 19.9 Å². The van der Waals surface area contributed by atoms with E-state index in [2.05, 4.69) is 50.9 Å². The molecule has 0 fully saturated rings. The summed E-state index contributed by atoms with van der Waals surface area (Å²) in [5.74, 6) is 0.650. The molecule has 4 aromatic rings. The molecule has 6 nitrogen and oxygen atoms in total. The second-order valence-corrected chi connectivity index (χ2v) is 7.33. The number of rotatable bonds is 5. The Morgan fingerprint density at radius 2 is 2.15 bits per heavy atom. The monoisotopic (exact) mass is 377 g/mol. The van der Waals surface area contributed by atoms with Gasteiger partial charge in [-0.3, -0.25) is 4.79 Å². The topological polar surface area (TPSA) is 77.7 Å². The lowest BCUT2D eigenvalue weighted by molar-refractivity contribution is 0.839. The van der Waals surface area contributed by atoms with Gasteiger partial charge in [0.1, 0.15) is 0 Å². The average Bonchev–Trinajstić information content (AvgIpc) is 3.22. The fourth-order valence-electron chi connectivity index (χ4n) is 2.98. The minimum Gasteiger partial charge on any atom is -0.361 e. The van der Waals surface area contributed by atoms with E-state index < -0.39 is 0 Å². The van der Waals surface area contributed by atoms with Gasteiger partial charge in [-0.15, -0.1) is 0 Å². The van der Waals surface area contributed by atoms with Gasteiger partial charge in [0.25, 0.3) is 0 Å². The van der Waals surface area contributed by atoms with Crippen LogP contribution in [0.3, 0.4) is 0 Å². The maximum absolute atomic E-state index is 11.4. The van der Waals surface area contributed by atoms with Gasteiger partial charge in [0.2, 0.25) is 5.95 Å². The molecule has 0 unspecified atom stereocenters. The molecule has 0 aliphatic heterocycles. The maximum atomic E-state index is 11.4. The largest absolute Gasteiger partial charge is 0.361 e. The van der Waals surface area contributed by atoms with Gasteiger partial charge < -0.3 is 14.9 Å². The lowest BCUT2D eigenvalue weighted by atomic mass is 10.1. The molecule has 4 rings (SSSR count). The van der Waals surface area contributed by atoms with Gasteiger partial charge in [-0.05, 0) is 30.2 Å². The molecule has 2 N–H and O–H groups in total. The van der Waals surface area contributed by atoms with Crippen LogP contribution in [0.15, 0.2) is 47.5 Å². The summed E-state index contributed by atoms with van der Waals surface area (Å²) >= 11 is 1.13. The van der Waals surface area contributed by atoms with Gasteiger partial charge in [0, 0.05) is 36.9 Å². The standard InChI is InChI=1S/C20H19N5OS/c1-13-18(27-20(26)23-13)11-15-7-9-21-19(24-15)25(2)10-8-14-12-22-17-6-4-3-5-16(14)17/h3-7,9,11-12,22H,1,8,10H2,2H3,(H,23,26)/b18-11-. The molecule has 0 saturated heterocycles. The molecular weight excluding hydrogens is 358 g/mol.